The van der Waals surface area contributed by atoms with E-state index in [1.54, 1.807) is 6.92 Å². The fourth-order valence-electron chi connectivity index (χ4n) is 2.20. The van der Waals surface area contributed by atoms with E-state index in [0.717, 1.165) is 26.1 Å². The van der Waals surface area contributed by atoms with Crippen LogP contribution in [0.25, 0.3) is 0 Å². The summed E-state index contributed by atoms with van der Waals surface area (Å²) in [6.45, 7) is 8.17. The number of hydrogen-bond donors (Lipinski definition) is 0. The number of piperazine rings is 1. The Kier molecular flexibility index (Phi) is 4.53. The second-order valence-corrected chi connectivity index (χ2v) is 5.09. The van der Waals surface area contributed by atoms with Gasteiger partial charge in [-0.15, -0.1) is 0 Å². The normalized spacial score (nSPS) is 25.1. The summed E-state index contributed by atoms with van der Waals surface area (Å²) in [6.07, 6.45) is 1.61. The summed E-state index contributed by atoms with van der Waals surface area (Å²) in [5.41, 5.74) is -0.853. The maximum atomic E-state index is 12.3. The Morgan fingerprint density at radius 3 is 2.59 bits per heavy atom. The van der Waals surface area contributed by atoms with Gasteiger partial charge in [0, 0.05) is 25.7 Å². The second-order valence-electron chi connectivity index (χ2n) is 5.09. The van der Waals surface area contributed by atoms with Crippen molar-refractivity contribution in [2.24, 2.45) is 5.41 Å². The van der Waals surface area contributed by atoms with Crippen molar-refractivity contribution in [3.63, 3.8) is 0 Å². The van der Waals surface area contributed by atoms with E-state index in [-0.39, 0.29) is 5.91 Å². The van der Waals surface area contributed by atoms with Crippen LogP contribution in [0.5, 0.6) is 0 Å². The Hall–Kier alpha value is -1.08. The fourth-order valence-corrected chi connectivity index (χ4v) is 2.20. The number of likely N-dealkylation sites (N-methyl/N-ethyl adjacent to an activating group) is 1. The van der Waals surface area contributed by atoms with Gasteiger partial charge >= 0.3 is 0 Å². The van der Waals surface area contributed by atoms with Gasteiger partial charge in [0.2, 0.25) is 5.91 Å². The zero-order valence-corrected chi connectivity index (χ0v) is 11.4. The van der Waals surface area contributed by atoms with E-state index >= 15 is 0 Å². The van der Waals surface area contributed by atoms with Crippen LogP contribution in [-0.2, 0) is 4.79 Å². The summed E-state index contributed by atoms with van der Waals surface area (Å²) < 4.78 is 0. The Morgan fingerprint density at radius 2 is 2.12 bits per heavy atom. The van der Waals surface area contributed by atoms with E-state index in [2.05, 4.69) is 24.9 Å². The van der Waals surface area contributed by atoms with Crippen molar-refractivity contribution in [1.29, 1.82) is 5.26 Å². The van der Waals surface area contributed by atoms with E-state index in [4.69, 9.17) is 5.26 Å². The molecule has 4 nitrogen and oxygen atoms in total. The lowest BCUT2D eigenvalue weighted by Crippen LogP contribution is -2.55. The number of amides is 1. The number of rotatable bonds is 3. The molecule has 0 spiro atoms. The van der Waals surface area contributed by atoms with Crippen LogP contribution in [-0.4, -0.2) is 48.4 Å². The first-order valence-electron chi connectivity index (χ1n) is 6.39. The molecular weight excluding hydrogens is 214 g/mol. The number of carbonyl (C=O) groups excluding carboxylic acids is 1. The molecule has 0 saturated carbocycles. The van der Waals surface area contributed by atoms with Gasteiger partial charge in [0.1, 0.15) is 5.41 Å². The van der Waals surface area contributed by atoms with Gasteiger partial charge in [-0.2, -0.15) is 5.26 Å². The first-order valence-corrected chi connectivity index (χ1v) is 6.39. The van der Waals surface area contributed by atoms with Crippen LogP contribution in [0.15, 0.2) is 0 Å². The molecule has 1 saturated heterocycles. The summed E-state index contributed by atoms with van der Waals surface area (Å²) in [4.78, 5) is 16.5. The Bertz CT molecular complexity index is 323. The molecule has 0 aromatic rings. The van der Waals surface area contributed by atoms with E-state index in [0.29, 0.717) is 12.5 Å². The highest BCUT2D eigenvalue weighted by Gasteiger charge is 2.37. The Balaban J connectivity index is 2.75. The van der Waals surface area contributed by atoms with Crippen LogP contribution in [0.4, 0.5) is 0 Å². The lowest BCUT2D eigenvalue weighted by atomic mass is 9.87. The lowest BCUT2D eigenvalue weighted by Gasteiger charge is -2.41. The van der Waals surface area contributed by atoms with Gasteiger partial charge < -0.3 is 4.90 Å². The van der Waals surface area contributed by atoms with Gasteiger partial charge in [-0.3, -0.25) is 9.69 Å². The third-order valence-electron chi connectivity index (χ3n) is 3.96. The van der Waals surface area contributed by atoms with Crippen molar-refractivity contribution in [2.75, 3.05) is 26.7 Å². The minimum atomic E-state index is -0.853. The van der Waals surface area contributed by atoms with Crippen LogP contribution in [0, 0.1) is 16.7 Å². The van der Waals surface area contributed by atoms with Crippen molar-refractivity contribution >= 4 is 5.91 Å². The van der Waals surface area contributed by atoms with Crippen LogP contribution in [0.3, 0.4) is 0 Å². The SMILES string of the molecule is CCC1CN(C(=O)C(C)(C#N)CC)CCN1C. The monoisotopic (exact) mass is 237 g/mol. The highest BCUT2D eigenvalue weighted by Crippen LogP contribution is 2.24. The maximum Gasteiger partial charge on any atom is 0.242 e. The van der Waals surface area contributed by atoms with Crippen molar-refractivity contribution in [3.05, 3.63) is 0 Å². The highest BCUT2D eigenvalue weighted by atomic mass is 16.2. The van der Waals surface area contributed by atoms with E-state index in [9.17, 15) is 4.79 Å². The first kappa shape index (κ1) is 14.0. The molecule has 17 heavy (non-hydrogen) atoms. The van der Waals surface area contributed by atoms with Crippen LogP contribution in [0.2, 0.25) is 0 Å². The first-order chi connectivity index (χ1) is 7.98. The van der Waals surface area contributed by atoms with Crippen molar-refractivity contribution in [3.8, 4) is 6.07 Å². The molecule has 2 unspecified atom stereocenters. The van der Waals surface area contributed by atoms with Crippen LogP contribution in [0.1, 0.15) is 33.6 Å². The largest absolute Gasteiger partial charge is 0.338 e. The molecule has 2 atom stereocenters. The predicted molar refractivity (Wildman–Crippen MR) is 67.3 cm³/mol. The van der Waals surface area contributed by atoms with Crippen molar-refractivity contribution in [2.45, 2.75) is 39.7 Å². The smallest absolute Gasteiger partial charge is 0.242 e. The molecule has 1 aliphatic rings. The van der Waals surface area contributed by atoms with Gasteiger partial charge in [-0.05, 0) is 26.8 Å². The van der Waals surface area contributed by atoms with E-state index < -0.39 is 5.41 Å². The number of hydrogen-bond acceptors (Lipinski definition) is 3. The predicted octanol–water partition coefficient (Wildman–Crippen LogP) is 1.48. The quantitative estimate of drug-likeness (QED) is 0.747. The molecule has 0 aromatic carbocycles. The molecule has 0 radical (unpaired) electrons. The molecule has 1 amide bonds. The van der Waals surface area contributed by atoms with Crippen molar-refractivity contribution < 1.29 is 4.79 Å². The molecule has 0 aliphatic carbocycles. The van der Waals surface area contributed by atoms with Gasteiger partial charge in [-0.1, -0.05) is 13.8 Å². The second kappa shape index (κ2) is 5.50. The van der Waals surface area contributed by atoms with Gasteiger partial charge in [0.15, 0.2) is 0 Å². The molecule has 0 bridgehead atoms. The van der Waals surface area contributed by atoms with E-state index in [1.165, 1.54) is 0 Å². The fraction of sp³-hybridized carbons (Fsp3) is 0.846. The van der Waals surface area contributed by atoms with Gasteiger partial charge in [0.05, 0.1) is 6.07 Å². The summed E-state index contributed by atoms with van der Waals surface area (Å²) in [5.74, 6) is -0.00551. The zero-order chi connectivity index (χ0) is 13.1. The molecular formula is C13H23N3O. The molecule has 1 heterocycles. The maximum absolute atomic E-state index is 12.3. The Morgan fingerprint density at radius 1 is 1.47 bits per heavy atom. The van der Waals surface area contributed by atoms with E-state index in [1.807, 2.05) is 11.8 Å². The minimum absolute atomic E-state index is 0.00551. The summed E-state index contributed by atoms with van der Waals surface area (Å²) in [5, 5.41) is 9.15. The van der Waals surface area contributed by atoms with Crippen LogP contribution >= 0.6 is 0 Å². The van der Waals surface area contributed by atoms with Crippen molar-refractivity contribution in [1.82, 2.24) is 9.80 Å². The summed E-state index contributed by atoms with van der Waals surface area (Å²) in [6, 6.07) is 2.59. The number of nitriles is 1. The molecule has 96 valence electrons. The van der Waals surface area contributed by atoms with Crippen LogP contribution < -0.4 is 0 Å². The molecule has 0 N–H and O–H groups in total. The molecule has 0 aromatic heterocycles. The topological polar surface area (TPSA) is 47.3 Å². The number of nitrogens with zero attached hydrogens (tertiary/aromatic N) is 3. The van der Waals surface area contributed by atoms with Gasteiger partial charge in [0.25, 0.3) is 0 Å². The zero-order valence-electron chi connectivity index (χ0n) is 11.4. The lowest BCUT2D eigenvalue weighted by molar-refractivity contribution is -0.141. The average molecular weight is 237 g/mol. The average Bonchev–Trinajstić information content (AvgIpc) is 2.37. The summed E-state index contributed by atoms with van der Waals surface area (Å²) in [7, 11) is 2.10. The highest BCUT2D eigenvalue weighted by molar-refractivity contribution is 5.85. The molecule has 1 aliphatic heterocycles. The minimum Gasteiger partial charge on any atom is -0.338 e. The Labute approximate surface area is 104 Å². The third kappa shape index (κ3) is 2.78. The molecule has 1 fully saturated rings. The molecule has 1 rings (SSSR count). The third-order valence-corrected chi connectivity index (χ3v) is 3.96. The number of carbonyl (C=O) groups is 1. The molecule has 4 heteroatoms. The summed E-state index contributed by atoms with van der Waals surface area (Å²) >= 11 is 0. The van der Waals surface area contributed by atoms with Gasteiger partial charge in [-0.25, -0.2) is 0 Å². The standard InChI is InChI=1S/C13H23N3O/c1-5-11-9-16(8-7-15(11)4)12(17)13(3,6-2)10-14/h11H,5-9H2,1-4H3.